The average molecular weight is 272 g/mol. The molecule has 2 aromatic rings. The van der Waals surface area contributed by atoms with E-state index in [9.17, 15) is 10.5 Å². The van der Waals surface area contributed by atoms with Crippen LogP contribution in [0.1, 0.15) is 11.1 Å². The second kappa shape index (κ2) is 5.09. The number of aromatic nitrogens is 1. The number of hydrogen-bond donors (Lipinski definition) is 1. The van der Waals surface area contributed by atoms with Crippen LogP contribution in [0.5, 0.6) is 0 Å². The molecule has 0 saturated carbocycles. The molecule has 88 valence electrons. The van der Waals surface area contributed by atoms with Gasteiger partial charge in [-0.3, -0.25) is 0 Å². The van der Waals surface area contributed by atoms with E-state index in [0.717, 1.165) is 5.56 Å². The van der Waals surface area contributed by atoms with Gasteiger partial charge in [0.25, 0.3) is 0 Å². The third kappa shape index (κ3) is 1.92. The number of nitrogens with two attached hydrogens (primary N) is 1. The van der Waals surface area contributed by atoms with Gasteiger partial charge in [-0.1, -0.05) is 0 Å². The van der Waals surface area contributed by atoms with Crippen molar-refractivity contribution in [2.45, 2.75) is 5.03 Å². The molecule has 0 atom stereocenters. The van der Waals surface area contributed by atoms with E-state index < -0.39 is 0 Å². The van der Waals surface area contributed by atoms with Crippen LogP contribution < -0.4 is 5.73 Å². The molecule has 0 aromatic carbocycles. The monoisotopic (exact) mass is 272 g/mol. The first-order valence-electron chi connectivity index (χ1n) is 4.93. The molecule has 0 aliphatic carbocycles. The number of thioether (sulfide) groups is 1. The zero-order valence-corrected chi connectivity index (χ0v) is 11.1. The van der Waals surface area contributed by atoms with Crippen LogP contribution in [0.2, 0.25) is 0 Å². The highest BCUT2D eigenvalue weighted by atomic mass is 32.2. The van der Waals surface area contributed by atoms with Gasteiger partial charge < -0.3 is 5.73 Å². The molecule has 0 saturated heterocycles. The second-order valence-electron chi connectivity index (χ2n) is 3.37. The summed E-state index contributed by atoms with van der Waals surface area (Å²) >= 11 is 2.85. The van der Waals surface area contributed by atoms with E-state index in [2.05, 4.69) is 11.1 Å². The Morgan fingerprint density at radius 1 is 1.33 bits per heavy atom. The minimum absolute atomic E-state index is 0.169. The minimum Gasteiger partial charge on any atom is -0.383 e. The van der Waals surface area contributed by atoms with Gasteiger partial charge in [-0.25, -0.2) is 4.98 Å². The molecule has 2 aromatic heterocycles. The third-order valence-electron chi connectivity index (χ3n) is 2.42. The van der Waals surface area contributed by atoms with Gasteiger partial charge in [0.1, 0.15) is 28.5 Å². The van der Waals surface area contributed by atoms with Crippen LogP contribution in [0.15, 0.2) is 21.9 Å². The van der Waals surface area contributed by atoms with Gasteiger partial charge in [0, 0.05) is 5.56 Å². The molecule has 0 aliphatic heterocycles. The van der Waals surface area contributed by atoms with E-state index in [1.54, 1.807) is 0 Å². The van der Waals surface area contributed by atoms with Crippen molar-refractivity contribution in [1.29, 1.82) is 10.5 Å². The largest absolute Gasteiger partial charge is 0.383 e. The van der Waals surface area contributed by atoms with Crippen LogP contribution in [0.3, 0.4) is 0 Å². The van der Waals surface area contributed by atoms with Gasteiger partial charge in [0.05, 0.1) is 5.56 Å². The fourth-order valence-corrected chi connectivity index (χ4v) is 2.83. The Hall–Kier alpha value is -2.02. The fraction of sp³-hybridized carbons (Fsp3) is 0.0833. The molecule has 2 heterocycles. The number of nitriles is 2. The maximum absolute atomic E-state index is 9.29. The van der Waals surface area contributed by atoms with Gasteiger partial charge >= 0.3 is 0 Å². The van der Waals surface area contributed by atoms with Crippen LogP contribution in [0.4, 0.5) is 5.82 Å². The number of anilines is 1. The van der Waals surface area contributed by atoms with Crippen molar-refractivity contribution in [3.63, 3.8) is 0 Å². The first-order chi connectivity index (χ1) is 8.72. The molecule has 0 aliphatic rings. The fourth-order valence-electron chi connectivity index (χ4n) is 1.64. The summed E-state index contributed by atoms with van der Waals surface area (Å²) < 4.78 is 0. The first-order valence-corrected chi connectivity index (χ1v) is 7.10. The molecule has 0 unspecified atom stereocenters. The van der Waals surface area contributed by atoms with Crippen LogP contribution in [-0.2, 0) is 0 Å². The maximum atomic E-state index is 9.29. The van der Waals surface area contributed by atoms with Crippen molar-refractivity contribution < 1.29 is 0 Å². The molecule has 0 fully saturated rings. The van der Waals surface area contributed by atoms with E-state index in [4.69, 9.17) is 5.73 Å². The van der Waals surface area contributed by atoms with Crippen LogP contribution >= 0.6 is 23.1 Å². The molecule has 6 heteroatoms. The van der Waals surface area contributed by atoms with Gasteiger partial charge in [0.2, 0.25) is 0 Å². The normalized spacial score (nSPS) is 9.72. The highest BCUT2D eigenvalue weighted by molar-refractivity contribution is 7.98. The average Bonchev–Trinajstić information content (AvgIpc) is 2.90. The van der Waals surface area contributed by atoms with E-state index in [0.29, 0.717) is 16.2 Å². The summed E-state index contributed by atoms with van der Waals surface area (Å²) in [7, 11) is 0. The van der Waals surface area contributed by atoms with Gasteiger partial charge in [-0.2, -0.15) is 21.9 Å². The quantitative estimate of drug-likeness (QED) is 0.849. The molecular formula is C12H8N4S2. The Kier molecular flexibility index (Phi) is 3.52. The molecule has 2 N–H and O–H groups in total. The van der Waals surface area contributed by atoms with Crippen molar-refractivity contribution in [2.24, 2.45) is 0 Å². The van der Waals surface area contributed by atoms with E-state index in [-0.39, 0.29) is 11.4 Å². The van der Waals surface area contributed by atoms with Crippen molar-refractivity contribution in [3.05, 3.63) is 28.0 Å². The summed E-state index contributed by atoms with van der Waals surface area (Å²) in [5.74, 6) is 0.169. The molecule has 4 nitrogen and oxygen atoms in total. The van der Waals surface area contributed by atoms with Crippen LogP contribution in [0.25, 0.3) is 11.1 Å². The SMILES string of the molecule is CSc1nc(N)c(C#N)c(-c2ccsc2)c1C#N. The molecule has 0 amide bonds. The molecule has 18 heavy (non-hydrogen) atoms. The lowest BCUT2D eigenvalue weighted by molar-refractivity contribution is 1.12. The standard InChI is InChI=1S/C12H8N4S2/c1-17-12-9(5-14)10(7-2-3-18-6-7)8(4-13)11(15)16-12/h2-3,6H,1H3,(H2,15,16). The Bertz CT molecular complexity index is 663. The number of nitrogen functional groups attached to an aromatic ring is 1. The Balaban J connectivity index is 2.88. The molecular weight excluding hydrogens is 264 g/mol. The smallest absolute Gasteiger partial charge is 0.143 e. The van der Waals surface area contributed by atoms with Gasteiger partial charge in [-0.15, -0.1) is 11.8 Å². The predicted octanol–water partition coefficient (Wildman–Crippen LogP) is 2.86. The molecule has 2 rings (SSSR count). The van der Waals surface area contributed by atoms with E-state index in [1.807, 2.05) is 29.2 Å². The topological polar surface area (TPSA) is 86.5 Å². The van der Waals surface area contributed by atoms with Crippen molar-refractivity contribution >= 4 is 28.9 Å². The first kappa shape index (κ1) is 12.4. The third-order valence-corrected chi connectivity index (χ3v) is 3.78. The lowest BCUT2D eigenvalue weighted by atomic mass is 9.99. The summed E-state index contributed by atoms with van der Waals surface area (Å²) in [5, 5.41) is 22.8. The van der Waals surface area contributed by atoms with Gasteiger partial charge in [-0.05, 0) is 28.6 Å². The summed E-state index contributed by atoms with van der Waals surface area (Å²) in [6.07, 6.45) is 1.83. The summed E-state index contributed by atoms with van der Waals surface area (Å²) in [5.41, 5.74) is 7.87. The molecule has 0 spiro atoms. The summed E-state index contributed by atoms with van der Waals surface area (Å²) in [6.45, 7) is 0. The highest BCUT2D eigenvalue weighted by Crippen LogP contribution is 2.35. The summed E-state index contributed by atoms with van der Waals surface area (Å²) in [6, 6.07) is 6.02. The van der Waals surface area contributed by atoms with E-state index >= 15 is 0 Å². The Labute approximate surface area is 113 Å². The van der Waals surface area contributed by atoms with Crippen LogP contribution in [0, 0.1) is 22.7 Å². The van der Waals surface area contributed by atoms with Crippen molar-refractivity contribution in [1.82, 2.24) is 4.98 Å². The van der Waals surface area contributed by atoms with Gasteiger partial charge in [0.15, 0.2) is 0 Å². The highest BCUT2D eigenvalue weighted by Gasteiger charge is 2.19. The number of thiophene rings is 1. The maximum Gasteiger partial charge on any atom is 0.143 e. The number of hydrogen-bond acceptors (Lipinski definition) is 6. The van der Waals surface area contributed by atoms with Crippen molar-refractivity contribution in [3.8, 4) is 23.3 Å². The van der Waals surface area contributed by atoms with Crippen LogP contribution in [-0.4, -0.2) is 11.2 Å². The molecule has 0 bridgehead atoms. The van der Waals surface area contributed by atoms with Crippen molar-refractivity contribution in [2.75, 3.05) is 12.0 Å². The Morgan fingerprint density at radius 2 is 2.06 bits per heavy atom. The minimum atomic E-state index is 0.169. The predicted molar refractivity (Wildman–Crippen MR) is 73.2 cm³/mol. The zero-order chi connectivity index (χ0) is 13.1. The summed E-state index contributed by atoms with van der Waals surface area (Å²) in [4.78, 5) is 4.10. The second-order valence-corrected chi connectivity index (χ2v) is 4.94. The molecule has 0 radical (unpaired) electrons. The zero-order valence-electron chi connectivity index (χ0n) is 9.47. The van der Waals surface area contributed by atoms with E-state index in [1.165, 1.54) is 23.1 Å². The Morgan fingerprint density at radius 3 is 2.56 bits per heavy atom. The lowest BCUT2D eigenvalue weighted by Gasteiger charge is -2.10. The number of rotatable bonds is 2. The lowest BCUT2D eigenvalue weighted by Crippen LogP contribution is -2.02. The number of pyridine rings is 1. The number of nitrogens with zero attached hydrogens (tertiary/aromatic N) is 3.